The number of rotatable bonds is 6. The lowest BCUT2D eigenvalue weighted by Crippen LogP contribution is -2.41. The number of hydrogen-bond donors (Lipinski definition) is 1. The van der Waals surface area contributed by atoms with Gasteiger partial charge in [-0.1, -0.05) is 55.1 Å². The predicted molar refractivity (Wildman–Crippen MR) is 107 cm³/mol. The van der Waals surface area contributed by atoms with E-state index in [0.29, 0.717) is 36.3 Å². The highest BCUT2D eigenvalue weighted by Crippen LogP contribution is 2.30. The van der Waals surface area contributed by atoms with Crippen molar-refractivity contribution in [1.82, 2.24) is 14.5 Å². The molecule has 0 aliphatic carbocycles. The first-order valence-corrected chi connectivity index (χ1v) is 11.9. The normalized spacial score (nSPS) is 16.6. The largest absolute Gasteiger partial charge is 0.300 e. The van der Waals surface area contributed by atoms with Gasteiger partial charge in [-0.3, -0.25) is 4.79 Å². The van der Waals surface area contributed by atoms with E-state index in [1.165, 1.54) is 15.6 Å². The number of nitrogens with one attached hydrogen (secondary N) is 1. The highest BCUT2D eigenvalue weighted by molar-refractivity contribution is 8.01. The van der Waals surface area contributed by atoms with Gasteiger partial charge in [-0.2, -0.15) is 4.31 Å². The highest BCUT2D eigenvalue weighted by Gasteiger charge is 2.32. The van der Waals surface area contributed by atoms with Crippen LogP contribution in [0, 0.1) is 5.92 Å². The second-order valence-corrected chi connectivity index (χ2v) is 11.3. The maximum atomic E-state index is 12.7. The van der Waals surface area contributed by atoms with E-state index in [9.17, 15) is 13.2 Å². The molecular weight excluding hydrogens is 404 g/mol. The van der Waals surface area contributed by atoms with E-state index in [2.05, 4.69) is 29.4 Å². The van der Waals surface area contributed by atoms with Crippen LogP contribution in [0.25, 0.3) is 0 Å². The van der Waals surface area contributed by atoms with Gasteiger partial charge in [-0.25, -0.2) is 8.42 Å². The molecule has 1 aliphatic heterocycles. The molecule has 1 saturated heterocycles. The summed E-state index contributed by atoms with van der Waals surface area (Å²) in [6.07, 6.45) is 0.981. The quantitative estimate of drug-likeness (QED) is 0.564. The third-order valence-corrected chi connectivity index (χ3v) is 8.02. The number of hydrogen-bond acceptors (Lipinski definition) is 7. The Kier molecular flexibility index (Phi) is 6.51. The minimum atomic E-state index is -3.50. The molecule has 2 heterocycles. The van der Waals surface area contributed by atoms with Gasteiger partial charge in [0, 0.05) is 24.3 Å². The molecule has 1 amide bonds. The van der Waals surface area contributed by atoms with Crippen molar-refractivity contribution >= 4 is 44.2 Å². The van der Waals surface area contributed by atoms with Crippen LogP contribution in [-0.2, 0) is 14.8 Å². The standard InChI is InChI=1S/C17H22N4O3S3/c1-12(2)25-17-20-19-16(26-17)18-15(22)13-8-10-21(11-9-13)27(23,24)14-6-4-3-5-7-14/h3-7,12-13H,8-11H2,1-2H3,(H,18,19,22). The molecule has 0 unspecified atom stereocenters. The van der Waals surface area contributed by atoms with Gasteiger partial charge in [0.15, 0.2) is 4.34 Å². The van der Waals surface area contributed by atoms with Crippen LogP contribution in [0.15, 0.2) is 39.6 Å². The summed E-state index contributed by atoms with van der Waals surface area (Å²) in [5.41, 5.74) is 0. The average Bonchev–Trinajstić information content (AvgIpc) is 3.08. The van der Waals surface area contributed by atoms with Crippen molar-refractivity contribution in [2.75, 3.05) is 18.4 Å². The number of piperidine rings is 1. The molecule has 27 heavy (non-hydrogen) atoms. The van der Waals surface area contributed by atoms with Gasteiger partial charge >= 0.3 is 0 Å². The Labute approximate surface area is 167 Å². The molecular formula is C17H22N4O3S3. The van der Waals surface area contributed by atoms with Crippen molar-refractivity contribution in [1.29, 1.82) is 0 Å². The summed E-state index contributed by atoms with van der Waals surface area (Å²) < 4.78 is 27.6. The summed E-state index contributed by atoms with van der Waals surface area (Å²) in [5.74, 6) is -0.346. The topological polar surface area (TPSA) is 92.3 Å². The third-order valence-electron chi connectivity index (χ3n) is 4.18. The first-order valence-electron chi connectivity index (χ1n) is 8.72. The monoisotopic (exact) mass is 426 g/mol. The number of thioether (sulfide) groups is 1. The van der Waals surface area contributed by atoms with Crippen molar-refractivity contribution < 1.29 is 13.2 Å². The van der Waals surface area contributed by atoms with Crippen LogP contribution >= 0.6 is 23.1 Å². The van der Waals surface area contributed by atoms with E-state index in [4.69, 9.17) is 0 Å². The van der Waals surface area contributed by atoms with Gasteiger partial charge in [0.05, 0.1) is 4.90 Å². The maximum absolute atomic E-state index is 12.7. The Bertz CT molecular complexity index is 876. The molecule has 1 fully saturated rings. The zero-order valence-corrected chi connectivity index (χ0v) is 17.6. The van der Waals surface area contributed by atoms with Gasteiger partial charge < -0.3 is 5.32 Å². The van der Waals surface area contributed by atoms with Crippen LogP contribution in [0.4, 0.5) is 5.13 Å². The lowest BCUT2D eigenvalue weighted by molar-refractivity contribution is -0.120. The number of carbonyl (C=O) groups excluding carboxylic acids is 1. The average molecular weight is 427 g/mol. The fourth-order valence-electron chi connectivity index (χ4n) is 2.82. The van der Waals surface area contributed by atoms with E-state index in [1.54, 1.807) is 42.1 Å². The molecule has 7 nitrogen and oxygen atoms in total. The van der Waals surface area contributed by atoms with Crippen molar-refractivity contribution in [3.05, 3.63) is 30.3 Å². The Hall–Kier alpha value is -1.49. The minimum absolute atomic E-state index is 0.121. The summed E-state index contributed by atoms with van der Waals surface area (Å²) >= 11 is 2.96. The fourth-order valence-corrected chi connectivity index (χ4v) is 6.29. The minimum Gasteiger partial charge on any atom is -0.300 e. The van der Waals surface area contributed by atoms with Crippen LogP contribution in [0.3, 0.4) is 0 Å². The van der Waals surface area contributed by atoms with Crippen LogP contribution in [-0.4, -0.2) is 47.2 Å². The van der Waals surface area contributed by atoms with Crippen LogP contribution < -0.4 is 5.32 Å². The maximum Gasteiger partial charge on any atom is 0.243 e. The third kappa shape index (κ3) is 5.07. The number of benzene rings is 1. The molecule has 0 spiro atoms. The van der Waals surface area contributed by atoms with E-state index in [0.717, 1.165) is 4.34 Å². The van der Waals surface area contributed by atoms with Crippen LogP contribution in [0.5, 0.6) is 0 Å². The van der Waals surface area contributed by atoms with Crippen molar-refractivity contribution in [3.63, 3.8) is 0 Å². The van der Waals surface area contributed by atoms with Crippen molar-refractivity contribution in [2.24, 2.45) is 5.92 Å². The van der Waals surface area contributed by atoms with Gasteiger partial charge in [-0.15, -0.1) is 10.2 Å². The molecule has 1 aliphatic rings. The molecule has 1 N–H and O–H groups in total. The molecule has 3 rings (SSSR count). The predicted octanol–water partition coefficient (Wildman–Crippen LogP) is 3.08. The second kappa shape index (κ2) is 8.68. The number of anilines is 1. The summed E-state index contributed by atoms with van der Waals surface area (Å²) in [4.78, 5) is 12.8. The number of amides is 1. The molecule has 0 atom stereocenters. The van der Waals surface area contributed by atoms with Crippen molar-refractivity contribution in [2.45, 2.75) is 41.2 Å². The Morgan fingerprint density at radius 2 is 1.89 bits per heavy atom. The molecule has 0 radical (unpaired) electrons. The van der Waals surface area contributed by atoms with Crippen LogP contribution in [0.1, 0.15) is 26.7 Å². The van der Waals surface area contributed by atoms with Gasteiger partial charge in [-0.05, 0) is 25.0 Å². The van der Waals surface area contributed by atoms with E-state index >= 15 is 0 Å². The molecule has 0 bridgehead atoms. The molecule has 0 saturated carbocycles. The van der Waals surface area contributed by atoms with E-state index in [-0.39, 0.29) is 16.7 Å². The molecule has 2 aromatic rings. The zero-order chi connectivity index (χ0) is 19.4. The summed E-state index contributed by atoms with van der Waals surface area (Å²) in [7, 11) is -3.50. The summed E-state index contributed by atoms with van der Waals surface area (Å²) in [5, 5.41) is 11.8. The van der Waals surface area contributed by atoms with Gasteiger partial charge in [0.25, 0.3) is 0 Å². The molecule has 1 aromatic heterocycles. The summed E-state index contributed by atoms with van der Waals surface area (Å²) in [6, 6.07) is 8.39. The zero-order valence-electron chi connectivity index (χ0n) is 15.2. The van der Waals surface area contributed by atoms with Crippen LogP contribution in [0.2, 0.25) is 0 Å². The Morgan fingerprint density at radius 3 is 2.52 bits per heavy atom. The number of nitrogens with zero attached hydrogens (tertiary/aromatic N) is 3. The smallest absolute Gasteiger partial charge is 0.243 e. The van der Waals surface area contributed by atoms with E-state index in [1.807, 2.05) is 0 Å². The Morgan fingerprint density at radius 1 is 1.22 bits per heavy atom. The lowest BCUT2D eigenvalue weighted by atomic mass is 9.97. The molecule has 10 heteroatoms. The first kappa shape index (κ1) is 20.2. The fraction of sp³-hybridized carbons (Fsp3) is 0.471. The Balaban J connectivity index is 1.56. The number of sulfonamides is 1. The first-order chi connectivity index (χ1) is 12.9. The highest BCUT2D eigenvalue weighted by atomic mass is 32.2. The van der Waals surface area contributed by atoms with E-state index < -0.39 is 10.0 Å². The SMILES string of the molecule is CC(C)Sc1nnc(NC(=O)C2CCN(S(=O)(=O)c3ccccc3)CC2)s1. The second-order valence-electron chi connectivity index (χ2n) is 6.52. The molecule has 1 aromatic carbocycles. The van der Waals surface area contributed by atoms with Crippen molar-refractivity contribution in [3.8, 4) is 0 Å². The molecule has 146 valence electrons. The van der Waals surface area contributed by atoms with Gasteiger partial charge in [0.1, 0.15) is 0 Å². The summed E-state index contributed by atoms with van der Waals surface area (Å²) in [6.45, 7) is 4.81. The number of aromatic nitrogens is 2. The lowest BCUT2D eigenvalue weighted by Gasteiger charge is -2.30. The number of carbonyl (C=O) groups is 1. The van der Waals surface area contributed by atoms with Gasteiger partial charge in [0.2, 0.25) is 21.1 Å².